The van der Waals surface area contributed by atoms with Crippen LogP contribution < -0.4 is 14.4 Å². The summed E-state index contributed by atoms with van der Waals surface area (Å²) >= 11 is 1.59. The minimum Gasteiger partial charge on any atom is -0.497 e. The van der Waals surface area contributed by atoms with Crippen molar-refractivity contribution in [2.45, 2.75) is 24.8 Å². The van der Waals surface area contributed by atoms with Gasteiger partial charge >= 0.3 is 5.97 Å². The standard InChI is InChI=1S/C22H22N2O4S/c1-5-28-21(25)19-13(2)23-22-24(16-8-6-7-9-18(16)29-22)20(19)15-11-10-14(26-3)12-17(15)27-4/h6-12,20H,5H2,1-4H3. The Morgan fingerprint density at radius 2 is 1.97 bits per heavy atom. The summed E-state index contributed by atoms with van der Waals surface area (Å²) in [6.07, 6.45) is 0. The Kier molecular flexibility index (Phi) is 5.24. The van der Waals surface area contributed by atoms with Crippen molar-refractivity contribution in [3.8, 4) is 11.5 Å². The zero-order valence-corrected chi connectivity index (χ0v) is 17.6. The first kappa shape index (κ1) is 19.4. The van der Waals surface area contributed by atoms with Crippen LogP contribution in [0.15, 0.2) is 63.6 Å². The molecular formula is C22H22N2O4S. The Labute approximate surface area is 174 Å². The molecule has 2 aliphatic rings. The molecule has 2 heterocycles. The molecule has 150 valence electrons. The van der Waals surface area contributed by atoms with Gasteiger partial charge < -0.3 is 19.1 Å². The Balaban J connectivity index is 1.93. The molecule has 6 nitrogen and oxygen atoms in total. The van der Waals surface area contributed by atoms with Gasteiger partial charge in [-0.25, -0.2) is 9.79 Å². The molecule has 0 saturated carbocycles. The highest BCUT2D eigenvalue weighted by Crippen LogP contribution is 2.51. The highest BCUT2D eigenvalue weighted by molar-refractivity contribution is 8.14. The van der Waals surface area contributed by atoms with Crippen LogP contribution in [0.25, 0.3) is 0 Å². The van der Waals surface area contributed by atoms with E-state index in [1.54, 1.807) is 32.9 Å². The number of hydrogen-bond donors (Lipinski definition) is 0. The number of hydrogen-bond acceptors (Lipinski definition) is 7. The minimum atomic E-state index is -0.418. The average molecular weight is 410 g/mol. The smallest absolute Gasteiger partial charge is 0.338 e. The number of esters is 1. The first-order chi connectivity index (χ1) is 14.1. The van der Waals surface area contributed by atoms with Gasteiger partial charge in [0.2, 0.25) is 0 Å². The SMILES string of the molecule is CCOC(=O)C1=C(C)N=C2Sc3ccccc3N2C1c1ccc(OC)cc1OC. The first-order valence-electron chi connectivity index (χ1n) is 9.33. The third-order valence-electron chi connectivity index (χ3n) is 4.95. The van der Waals surface area contributed by atoms with Crippen LogP contribution in [-0.4, -0.2) is 32.0 Å². The number of rotatable bonds is 5. The van der Waals surface area contributed by atoms with E-state index in [1.807, 2.05) is 43.3 Å². The Hall–Kier alpha value is -2.93. The van der Waals surface area contributed by atoms with Crippen LogP contribution in [0.1, 0.15) is 25.5 Å². The van der Waals surface area contributed by atoms with E-state index in [0.29, 0.717) is 29.4 Å². The fourth-order valence-corrected chi connectivity index (χ4v) is 4.76. The molecule has 0 N–H and O–H groups in total. The largest absolute Gasteiger partial charge is 0.497 e. The monoisotopic (exact) mass is 410 g/mol. The number of benzene rings is 2. The average Bonchev–Trinajstić information content (AvgIpc) is 3.10. The molecular weight excluding hydrogens is 388 g/mol. The van der Waals surface area contributed by atoms with Gasteiger partial charge in [-0.2, -0.15) is 0 Å². The lowest BCUT2D eigenvalue weighted by Crippen LogP contribution is -2.37. The molecule has 0 spiro atoms. The second-order valence-electron chi connectivity index (χ2n) is 6.56. The third kappa shape index (κ3) is 3.25. The summed E-state index contributed by atoms with van der Waals surface area (Å²) in [4.78, 5) is 20.9. The number of ether oxygens (including phenoxy) is 3. The summed E-state index contributed by atoms with van der Waals surface area (Å²) in [5, 5.41) is 0.833. The maximum absolute atomic E-state index is 13.0. The molecule has 2 aromatic carbocycles. The summed E-state index contributed by atoms with van der Waals surface area (Å²) in [5.41, 5.74) is 3.02. The summed E-state index contributed by atoms with van der Waals surface area (Å²) < 4.78 is 16.4. The Morgan fingerprint density at radius 3 is 2.69 bits per heavy atom. The third-order valence-corrected chi connectivity index (χ3v) is 5.98. The lowest BCUT2D eigenvalue weighted by atomic mass is 9.93. The molecule has 0 aliphatic carbocycles. The van der Waals surface area contributed by atoms with Crippen LogP contribution in [0.5, 0.6) is 11.5 Å². The van der Waals surface area contributed by atoms with E-state index in [9.17, 15) is 4.79 Å². The number of anilines is 1. The lowest BCUT2D eigenvalue weighted by molar-refractivity contribution is -0.138. The topological polar surface area (TPSA) is 60.4 Å². The van der Waals surface area contributed by atoms with Crippen LogP contribution >= 0.6 is 11.8 Å². The van der Waals surface area contributed by atoms with Gasteiger partial charge in [0.05, 0.1) is 43.8 Å². The highest BCUT2D eigenvalue weighted by atomic mass is 32.2. The van der Waals surface area contributed by atoms with E-state index in [2.05, 4.69) is 11.0 Å². The van der Waals surface area contributed by atoms with Gasteiger partial charge in [-0.1, -0.05) is 12.1 Å². The molecule has 0 radical (unpaired) electrons. The molecule has 4 rings (SSSR count). The number of methoxy groups -OCH3 is 2. The van der Waals surface area contributed by atoms with Gasteiger partial charge in [0.15, 0.2) is 5.17 Å². The number of nitrogens with zero attached hydrogens (tertiary/aromatic N) is 2. The van der Waals surface area contributed by atoms with Crippen LogP contribution in [0.4, 0.5) is 5.69 Å². The molecule has 0 aromatic heterocycles. The number of carbonyl (C=O) groups excluding carboxylic acids is 1. The van der Waals surface area contributed by atoms with Crippen molar-refractivity contribution in [1.29, 1.82) is 0 Å². The van der Waals surface area contributed by atoms with Crippen LogP contribution in [0.2, 0.25) is 0 Å². The molecule has 0 bridgehead atoms. The van der Waals surface area contributed by atoms with E-state index in [-0.39, 0.29) is 5.97 Å². The summed E-state index contributed by atoms with van der Waals surface area (Å²) in [6, 6.07) is 13.3. The maximum atomic E-state index is 13.0. The number of fused-ring (bicyclic) bond motifs is 3. The first-order valence-corrected chi connectivity index (χ1v) is 10.1. The number of amidine groups is 1. The predicted molar refractivity (Wildman–Crippen MR) is 114 cm³/mol. The molecule has 0 amide bonds. The molecule has 0 fully saturated rings. The Bertz CT molecular complexity index is 1030. The molecule has 0 saturated heterocycles. The summed E-state index contributed by atoms with van der Waals surface area (Å²) in [6.45, 7) is 3.95. The van der Waals surface area contributed by atoms with E-state index in [1.165, 1.54) is 0 Å². The van der Waals surface area contributed by atoms with Crippen molar-refractivity contribution in [3.05, 3.63) is 59.3 Å². The van der Waals surface area contributed by atoms with Crippen LogP contribution in [-0.2, 0) is 9.53 Å². The van der Waals surface area contributed by atoms with Crippen LogP contribution in [0.3, 0.4) is 0 Å². The second-order valence-corrected chi connectivity index (χ2v) is 7.57. The van der Waals surface area contributed by atoms with Crippen molar-refractivity contribution in [3.63, 3.8) is 0 Å². The van der Waals surface area contributed by atoms with Gasteiger partial charge in [0.1, 0.15) is 11.5 Å². The molecule has 2 aromatic rings. The predicted octanol–water partition coefficient (Wildman–Crippen LogP) is 4.56. The molecule has 2 aliphatic heterocycles. The van der Waals surface area contributed by atoms with Crippen molar-refractivity contribution >= 4 is 28.6 Å². The number of allylic oxidation sites excluding steroid dienone is 1. The molecule has 29 heavy (non-hydrogen) atoms. The molecule has 7 heteroatoms. The number of aliphatic imine (C=N–C) groups is 1. The number of para-hydroxylation sites is 1. The molecule has 1 atom stereocenters. The minimum absolute atomic E-state index is 0.296. The summed E-state index contributed by atoms with van der Waals surface area (Å²) in [5.74, 6) is 0.953. The highest BCUT2D eigenvalue weighted by Gasteiger charge is 2.42. The lowest BCUT2D eigenvalue weighted by Gasteiger charge is -2.35. The fourth-order valence-electron chi connectivity index (χ4n) is 3.66. The fraction of sp³-hybridized carbons (Fsp3) is 0.273. The number of carbonyl (C=O) groups is 1. The zero-order valence-electron chi connectivity index (χ0n) is 16.8. The van der Waals surface area contributed by atoms with E-state index in [0.717, 1.165) is 21.3 Å². The van der Waals surface area contributed by atoms with Gasteiger partial charge in [-0.05, 0) is 49.9 Å². The zero-order chi connectivity index (χ0) is 20.5. The second kappa shape index (κ2) is 7.83. The molecule has 1 unspecified atom stereocenters. The van der Waals surface area contributed by atoms with Gasteiger partial charge in [-0.3, -0.25) is 0 Å². The normalized spacial score (nSPS) is 17.4. The quantitative estimate of drug-likeness (QED) is 0.674. The van der Waals surface area contributed by atoms with Gasteiger partial charge in [-0.15, -0.1) is 0 Å². The maximum Gasteiger partial charge on any atom is 0.338 e. The van der Waals surface area contributed by atoms with Crippen molar-refractivity contribution in [1.82, 2.24) is 0 Å². The van der Waals surface area contributed by atoms with E-state index in [4.69, 9.17) is 19.2 Å². The van der Waals surface area contributed by atoms with Crippen molar-refractivity contribution in [2.75, 3.05) is 25.7 Å². The summed E-state index contributed by atoms with van der Waals surface area (Å²) in [7, 11) is 3.23. The van der Waals surface area contributed by atoms with E-state index < -0.39 is 6.04 Å². The Morgan fingerprint density at radius 1 is 1.17 bits per heavy atom. The van der Waals surface area contributed by atoms with Crippen molar-refractivity contribution < 1.29 is 19.0 Å². The van der Waals surface area contributed by atoms with Gasteiger partial charge in [0, 0.05) is 16.5 Å². The van der Waals surface area contributed by atoms with Crippen molar-refractivity contribution in [2.24, 2.45) is 4.99 Å². The van der Waals surface area contributed by atoms with Crippen LogP contribution in [0, 0.1) is 0 Å². The van der Waals surface area contributed by atoms with Gasteiger partial charge in [0.25, 0.3) is 0 Å². The number of thioether (sulfide) groups is 1. The van der Waals surface area contributed by atoms with E-state index >= 15 is 0 Å².